The van der Waals surface area contributed by atoms with Crippen molar-refractivity contribution in [2.75, 3.05) is 25.1 Å². The van der Waals surface area contributed by atoms with Gasteiger partial charge in [0.1, 0.15) is 0 Å². The highest BCUT2D eigenvalue weighted by Gasteiger charge is 2.08. The Hall–Kier alpha value is -0.520. The van der Waals surface area contributed by atoms with Gasteiger partial charge >= 0.3 is 0 Å². The largest absolute Gasteiger partial charge is 0.440 e. The van der Waals surface area contributed by atoms with Crippen molar-refractivity contribution in [3.8, 4) is 0 Å². The summed E-state index contributed by atoms with van der Waals surface area (Å²) in [5.41, 5.74) is 0. The molecule has 0 saturated carbocycles. The van der Waals surface area contributed by atoms with Crippen molar-refractivity contribution in [2.45, 2.75) is 0 Å². The van der Waals surface area contributed by atoms with E-state index in [1.54, 1.807) is 0 Å². The van der Waals surface area contributed by atoms with Crippen molar-refractivity contribution in [2.24, 2.45) is 0 Å². The zero-order valence-corrected chi connectivity index (χ0v) is 10.3. The molecule has 1 amide bonds. The van der Waals surface area contributed by atoms with Gasteiger partial charge in [-0.25, -0.2) is 0 Å². The van der Waals surface area contributed by atoms with Crippen LogP contribution in [0, 0.1) is 0 Å². The first-order chi connectivity index (χ1) is 7.24. The predicted molar refractivity (Wildman–Crippen MR) is 60.7 cm³/mol. The average molecular weight is 297 g/mol. The highest BCUT2D eigenvalue weighted by atomic mass is 79.9. The third-order valence-electron chi connectivity index (χ3n) is 1.55. The first-order valence-electron chi connectivity index (χ1n) is 4.41. The van der Waals surface area contributed by atoms with E-state index in [0.717, 1.165) is 5.33 Å². The van der Waals surface area contributed by atoms with Gasteiger partial charge in [0.2, 0.25) is 0 Å². The Kier molecular flexibility index (Phi) is 5.75. The molecule has 1 heterocycles. The maximum Gasteiger partial charge on any atom is 0.287 e. The van der Waals surface area contributed by atoms with Crippen molar-refractivity contribution >= 4 is 33.4 Å². The lowest BCUT2D eigenvalue weighted by molar-refractivity contribution is 0.0897. The van der Waals surface area contributed by atoms with E-state index >= 15 is 0 Å². The minimum atomic E-state index is -0.288. The van der Waals surface area contributed by atoms with Crippen LogP contribution in [0.15, 0.2) is 16.5 Å². The highest BCUT2D eigenvalue weighted by Crippen LogP contribution is 2.12. The topological polar surface area (TPSA) is 51.5 Å². The Bertz CT molecular complexity index is 316. The van der Waals surface area contributed by atoms with E-state index in [4.69, 9.17) is 20.8 Å². The smallest absolute Gasteiger partial charge is 0.287 e. The van der Waals surface area contributed by atoms with Gasteiger partial charge in [0, 0.05) is 11.9 Å². The first kappa shape index (κ1) is 12.5. The van der Waals surface area contributed by atoms with E-state index in [1.807, 2.05) is 0 Å². The van der Waals surface area contributed by atoms with Crippen LogP contribution < -0.4 is 5.32 Å². The summed E-state index contributed by atoms with van der Waals surface area (Å²) in [5, 5.41) is 3.63. The average Bonchev–Trinajstić information content (AvgIpc) is 2.64. The van der Waals surface area contributed by atoms with Gasteiger partial charge in [0.05, 0.1) is 13.2 Å². The fourth-order valence-electron chi connectivity index (χ4n) is 0.917. The molecule has 6 heteroatoms. The molecule has 4 nitrogen and oxygen atoms in total. The molecule has 0 unspecified atom stereocenters. The normalized spacial score (nSPS) is 10.3. The molecule has 0 aliphatic carbocycles. The second-order valence-corrected chi connectivity index (χ2v) is 3.83. The van der Waals surface area contributed by atoms with E-state index in [9.17, 15) is 4.79 Å². The van der Waals surface area contributed by atoms with Crippen LogP contribution in [0.4, 0.5) is 0 Å². The first-order valence-corrected chi connectivity index (χ1v) is 5.91. The zero-order valence-electron chi connectivity index (χ0n) is 7.96. The molecule has 1 N–H and O–H groups in total. The maximum atomic E-state index is 11.4. The van der Waals surface area contributed by atoms with E-state index in [2.05, 4.69) is 21.2 Å². The lowest BCUT2D eigenvalue weighted by Crippen LogP contribution is -2.27. The van der Waals surface area contributed by atoms with Crippen molar-refractivity contribution in [1.82, 2.24) is 5.32 Å². The van der Waals surface area contributed by atoms with Crippen molar-refractivity contribution in [3.63, 3.8) is 0 Å². The fourth-order valence-corrected chi connectivity index (χ4v) is 1.29. The van der Waals surface area contributed by atoms with Gasteiger partial charge in [0.25, 0.3) is 5.91 Å². The number of halogens is 2. The summed E-state index contributed by atoms with van der Waals surface area (Å²) in [6.45, 7) is 1.55. The van der Waals surface area contributed by atoms with Crippen LogP contribution in [-0.4, -0.2) is 31.0 Å². The molecule has 0 atom stereocenters. The molecule has 0 fully saturated rings. The number of carbonyl (C=O) groups excluding carboxylic acids is 1. The van der Waals surface area contributed by atoms with Crippen LogP contribution in [-0.2, 0) is 4.74 Å². The summed E-state index contributed by atoms with van der Waals surface area (Å²) >= 11 is 8.76. The Balaban J connectivity index is 2.19. The molecule has 15 heavy (non-hydrogen) atoms. The zero-order chi connectivity index (χ0) is 11.1. The predicted octanol–water partition coefficient (Wildman–Crippen LogP) is 2.07. The fraction of sp³-hybridized carbons (Fsp3) is 0.444. The third-order valence-corrected chi connectivity index (χ3v) is 2.08. The molecule has 0 aromatic carbocycles. The summed E-state index contributed by atoms with van der Waals surface area (Å²) in [6, 6.07) is 3.05. The van der Waals surface area contributed by atoms with Gasteiger partial charge in [-0.3, -0.25) is 4.79 Å². The second-order valence-electron chi connectivity index (χ2n) is 2.66. The molecule has 0 bridgehead atoms. The summed E-state index contributed by atoms with van der Waals surface area (Å²) in [5.74, 6) is -0.0789. The Labute approximate surface area is 101 Å². The number of hydrogen-bond donors (Lipinski definition) is 1. The number of alkyl halides is 1. The number of amides is 1. The van der Waals surface area contributed by atoms with Crippen LogP contribution >= 0.6 is 27.5 Å². The minimum Gasteiger partial charge on any atom is -0.440 e. The van der Waals surface area contributed by atoms with Gasteiger partial charge in [-0.1, -0.05) is 15.9 Å². The van der Waals surface area contributed by atoms with Gasteiger partial charge in [-0.05, 0) is 23.7 Å². The third kappa shape index (κ3) is 4.68. The molecular formula is C9H11BrClNO3. The number of hydrogen-bond acceptors (Lipinski definition) is 3. The molecule has 0 aliphatic heterocycles. The van der Waals surface area contributed by atoms with Gasteiger partial charge in [-0.15, -0.1) is 0 Å². The van der Waals surface area contributed by atoms with E-state index in [-0.39, 0.29) is 16.9 Å². The number of furan rings is 1. The van der Waals surface area contributed by atoms with E-state index in [0.29, 0.717) is 19.8 Å². The molecule has 0 spiro atoms. The summed E-state index contributed by atoms with van der Waals surface area (Å²) in [6.07, 6.45) is 0. The standard InChI is InChI=1S/C9H11BrClNO3/c10-3-5-14-6-4-12-9(13)7-1-2-8(11)15-7/h1-2H,3-6H2,(H,12,13). The SMILES string of the molecule is O=C(NCCOCCBr)c1ccc(Cl)o1. The Morgan fingerprint density at radius 3 is 2.93 bits per heavy atom. The number of rotatable bonds is 6. The van der Waals surface area contributed by atoms with Gasteiger partial charge < -0.3 is 14.5 Å². The number of carbonyl (C=O) groups is 1. The molecule has 0 aliphatic rings. The van der Waals surface area contributed by atoms with Gasteiger partial charge in [-0.2, -0.15) is 0 Å². The monoisotopic (exact) mass is 295 g/mol. The lowest BCUT2D eigenvalue weighted by atomic mass is 10.4. The quantitative estimate of drug-likeness (QED) is 0.646. The molecule has 0 radical (unpaired) electrons. The molecule has 0 saturated heterocycles. The van der Waals surface area contributed by atoms with E-state index < -0.39 is 0 Å². The minimum absolute atomic E-state index is 0.204. The number of ether oxygens (including phenoxy) is 1. The lowest BCUT2D eigenvalue weighted by Gasteiger charge is -2.03. The Morgan fingerprint density at radius 2 is 2.33 bits per heavy atom. The molecule has 1 aromatic heterocycles. The van der Waals surface area contributed by atoms with Crippen LogP contribution in [0.2, 0.25) is 5.22 Å². The molecule has 1 aromatic rings. The maximum absolute atomic E-state index is 11.4. The van der Waals surface area contributed by atoms with Crippen LogP contribution in [0.5, 0.6) is 0 Å². The summed E-state index contributed by atoms with van der Waals surface area (Å²) < 4.78 is 10.1. The molecular weight excluding hydrogens is 285 g/mol. The highest BCUT2D eigenvalue weighted by molar-refractivity contribution is 9.09. The van der Waals surface area contributed by atoms with Gasteiger partial charge in [0.15, 0.2) is 11.0 Å². The summed E-state index contributed by atoms with van der Waals surface area (Å²) in [4.78, 5) is 11.4. The molecule has 1 rings (SSSR count). The van der Waals surface area contributed by atoms with E-state index in [1.165, 1.54) is 12.1 Å². The van der Waals surface area contributed by atoms with Crippen molar-refractivity contribution in [1.29, 1.82) is 0 Å². The van der Waals surface area contributed by atoms with Crippen molar-refractivity contribution in [3.05, 3.63) is 23.1 Å². The summed E-state index contributed by atoms with van der Waals surface area (Å²) in [7, 11) is 0. The Morgan fingerprint density at radius 1 is 1.53 bits per heavy atom. The van der Waals surface area contributed by atoms with Crippen LogP contribution in [0.25, 0.3) is 0 Å². The van der Waals surface area contributed by atoms with Crippen LogP contribution in [0.1, 0.15) is 10.6 Å². The second kappa shape index (κ2) is 6.87. The van der Waals surface area contributed by atoms with Crippen molar-refractivity contribution < 1.29 is 13.9 Å². The van der Waals surface area contributed by atoms with Crippen LogP contribution in [0.3, 0.4) is 0 Å². The number of nitrogens with one attached hydrogen (secondary N) is 1. The molecule has 84 valence electrons.